The molecule has 1 aromatic carbocycles. The lowest BCUT2D eigenvalue weighted by Crippen LogP contribution is -2.16. The largest absolute Gasteiger partial charge is 0.490 e. The van der Waals surface area contributed by atoms with Gasteiger partial charge in [-0.1, -0.05) is 44.9 Å². The standard InChI is InChI=1S/C13H18O/c1-3-4-8-12-10(2)11-7-5-6-9-13(11)14-12/h5-7,9-10,12H,3-4,8H2,1-2H3/t10-,12?/m1/s1. The third kappa shape index (κ3) is 1.63. The molecule has 0 amide bonds. The minimum atomic E-state index is 0.410. The van der Waals surface area contributed by atoms with Gasteiger partial charge >= 0.3 is 0 Å². The van der Waals surface area contributed by atoms with E-state index in [2.05, 4.69) is 32.0 Å². The fraction of sp³-hybridized carbons (Fsp3) is 0.538. The first-order valence-corrected chi connectivity index (χ1v) is 5.58. The number of benzene rings is 1. The van der Waals surface area contributed by atoms with Gasteiger partial charge in [0.15, 0.2) is 0 Å². The van der Waals surface area contributed by atoms with Crippen molar-refractivity contribution in [2.75, 3.05) is 0 Å². The molecule has 1 heteroatoms. The summed E-state index contributed by atoms with van der Waals surface area (Å²) < 4.78 is 5.92. The zero-order valence-electron chi connectivity index (χ0n) is 8.99. The molecule has 2 rings (SSSR count). The molecule has 0 aliphatic carbocycles. The van der Waals surface area contributed by atoms with Crippen molar-refractivity contribution in [2.24, 2.45) is 0 Å². The van der Waals surface area contributed by atoms with Crippen LogP contribution >= 0.6 is 0 Å². The number of fused-ring (bicyclic) bond motifs is 1. The molecule has 0 saturated carbocycles. The minimum absolute atomic E-state index is 0.410. The Morgan fingerprint density at radius 3 is 2.79 bits per heavy atom. The van der Waals surface area contributed by atoms with Crippen LogP contribution in [0, 0.1) is 0 Å². The minimum Gasteiger partial charge on any atom is -0.490 e. The number of para-hydroxylation sites is 1. The molecule has 0 aromatic heterocycles. The summed E-state index contributed by atoms with van der Waals surface area (Å²) in [5.41, 5.74) is 1.38. The molecule has 1 aliphatic rings. The third-order valence-electron chi connectivity index (χ3n) is 3.09. The maximum Gasteiger partial charge on any atom is 0.123 e. The molecule has 1 nitrogen and oxygen atoms in total. The van der Waals surface area contributed by atoms with Crippen LogP contribution in [-0.4, -0.2) is 6.10 Å². The number of hydrogen-bond donors (Lipinski definition) is 0. The lowest BCUT2D eigenvalue weighted by atomic mass is 9.95. The molecule has 0 N–H and O–H groups in total. The van der Waals surface area contributed by atoms with Gasteiger partial charge in [-0.3, -0.25) is 0 Å². The fourth-order valence-electron chi connectivity index (χ4n) is 2.14. The van der Waals surface area contributed by atoms with Crippen LogP contribution in [-0.2, 0) is 0 Å². The summed E-state index contributed by atoms with van der Waals surface area (Å²) in [6.45, 7) is 4.50. The van der Waals surface area contributed by atoms with Crippen molar-refractivity contribution in [3.05, 3.63) is 29.8 Å². The number of unbranched alkanes of at least 4 members (excludes halogenated alkanes) is 1. The normalized spacial score (nSPS) is 24.4. The highest BCUT2D eigenvalue weighted by molar-refractivity contribution is 5.40. The van der Waals surface area contributed by atoms with E-state index in [9.17, 15) is 0 Å². The summed E-state index contributed by atoms with van der Waals surface area (Å²) in [4.78, 5) is 0. The lowest BCUT2D eigenvalue weighted by Gasteiger charge is -2.14. The Morgan fingerprint density at radius 2 is 2.07 bits per heavy atom. The molecule has 76 valence electrons. The van der Waals surface area contributed by atoms with E-state index < -0.39 is 0 Å². The van der Waals surface area contributed by atoms with E-state index in [1.165, 1.54) is 24.8 Å². The van der Waals surface area contributed by atoms with Gasteiger partial charge in [0, 0.05) is 11.5 Å². The third-order valence-corrected chi connectivity index (χ3v) is 3.09. The van der Waals surface area contributed by atoms with Gasteiger partial charge in [0.25, 0.3) is 0 Å². The molecule has 1 unspecified atom stereocenters. The second-order valence-electron chi connectivity index (χ2n) is 4.13. The molecular formula is C13H18O. The van der Waals surface area contributed by atoms with Crippen LogP contribution in [0.2, 0.25) is 0 Å². The predicted molar refractivity (Wildman–Crippen MR) is 58.8 cm³/mol. The van der Waals surface area contributed by atoms with Crippen molar-refractivity contribution in [2.45, 2.75) is 45.1 Å². The van der Waals surface area contributed by atoms with E-state index in [0.717, 1.165) is 5.75 Å². The van der Waals surface area contributed by atoms with Crippen molar-refractivity contribution in [3.63, 3.8) is 0 Å². The van der Waals surface area contributed by atoms with Gasteiger partial charge in [-0.15, -0.1) is 0 Å². The lowest BCUT2D eigenvalue weighted by molar-refractivity contribution is 0.196. The van der Waals surface area contributed by atoms with Gasteiger partial charge in [-0.25, -0.2) is 0 Å². The van der Waals surface area contributed by atoms with Crippen LogP contribution in [0.4, 0.5) is 0 Å². The van der Waals surface area contributed by atoms with Gasteiger partial charge < -0.3 is 4.74 Å². The van der Waals surface area contributed by atoms with E-state index in [1.807, 2.05) is 6.07 Å². The number of ether oxygens (including phenoxy) is 1. The van der Waals surface area contributed by atoms with Crippen LogP contribution in [0.1, 0.15) is 44.6 Å². The molecule has 0 radical (unpaired) electrons. The highest BCUT2D eigenvalue weighted by Crippen LogP contribution is 2.39. The Bertz CT molecular complexity index is 306. The van der Waals surface area contributed by atoms with Crippen LogP contribution in [0.25, 0.3) is 0 Å². The summed E-state index contributed by atoms with van der Waals surface area (Å²) in [5.74, 6) is 1.67. The summed E-state index contributed by atoms with van der Waals surface area (Å²) in [6.07, 6.45) is 4.12. The quantitative estimate of drug-likeness (QED) is 0.705. The first-order valence-electron chi connectivity index (χ1n) is 5.58. The van der Waals surface area contributed by atoms with Crippen LogP contribution in [0.15, 0.2) is 24.3 Å². The maximum atomic E-state index is 5.92. The van der Waals surface area contributed by atoms with Crippen molar-refractivity contribution in [1.82, 2.24) is 0 Å². The van der Waals surface area contributed by atoms with E-state index in [1.54, 1.807) is 0 Å². The maximum absolute atomic E-state index is 5.92. The Morgan fingerprint density at radius 1 is 1.29 bits per heavy atom. The molecule has 14 heavy (non-hydrogen) atoms. The molecule has 0 fully saturated rings. The highest BCUT2D eigenvalue weighted by Gasteiger charge is 2.29. The zero-order valence-corrected chi connectivity index (χ0v) is 8.99. The Labute approximate surface area is 86.1 Å². The average molecular weight is 190 g/mol. The van der Waals surface area contributed by atoms with E-state index in [4.69, 9.17) is 4.74 Å². The predicted octanol–water partition coefficient (Wildman–Crippen LogP) is 3.74. The van der Waals surface area contributed by atoms with Crippen molar-refractivity contribution in [3.8, 4) is 5.75 Å². The molecule has 1 aliphatic heterocycles. The summed E-state index contributed by atoms with van der Waals surface area (Å²) >= 11 is 0. The molecule has 2 atom stereocenters. The second-order valence-corrected chi connectivity index (χ2v) is 4.13. The summed E-state index contributed by atoms with van der Waals surface area (Å²) in [7, 11) is 0. The van der Waals surface area contributed by atoms with Crippen LogP contribution < -0.4 is 4.74 Å². The summed E-state index contributed by atoms with van der Waals surface area (Å²) in [5, 5.41) is 0. The van der Waals surface area contributed by atoms with Crippen LogP contribution in [0.5, 0.6) is 5.75 Å². The molecule has 0 spiro atoms. The molecule has 0 bridgehead atoms. The highest BCUT2D eigenvalue weighted by atomic mass is 16.5. The van der Waals surface area contributed by atoms with E-state index >= 15 is 0 Å². The van der Waals surface area contributed by atoms with Crippen molar-refractivity contribution >= 4 is 0 Å². The zero-order chi connectivity index (χ0) is 9.97. The summed E-state index contributed by atoms with van der Waals surface area (Å²) in [6, 6.07) is 8.42. The monoisotopic (exact) mass is 190 g/mol. The molecule has 1 aromatic rings. The van der Waals surface area contributed by atoms with Crippen molar-refractivity contribution in [1.29, 1.82) is 0 Å². The van der Waals surface area contributed by atoms with Gasteiger partial charge in [0.2, 0.25) is 0 Å². The van der Waals surface area contributed by atoms with E-state index in [-0.39, 0.29) is 0 Å². The Kier molecular flexibility index (Phi) is 2.76. The number of hydrogen-bond acceptors (Lipinski definition) is 1. The second kappa shape index (κ2) is 4.04. The fourth-order valence-corrected chi connectivity index (χ4v) is 2.14. The van der Waals surface area contributed by atoms with E-state index in [0.29, 0.717) is 12.0 Å². The van der Waals surface area contributed by atoms with Crippen LogP contribution in [0.3, 0.4) is 0 Å². The average Bonchev–Trinajstić information content (AvgIpc) is 2.54. The van der Waals surface area contributed by atoms with Gasteiger partial charge in [-0.2, -0.15) is 0 Å². The topological polar surface area (TPSA) is 9.23 Å². The number of rotatable bonds is 3. The Balaban J connectivity index is 2.09. The molecular weight excluding hydrogens is 172 g/mol. The molecule has 0 saturated heterocycles. The first kappa shape index (κ1) is 9.57. The SMILES string of the molecule is CCCCC1Oc2ccccc2[C@H]1C. The first-order chi connectivity index (χ1) is 6.83. The Hall–Kier alpha value is -0.980. The van der Waals surface area contributed by atoms with Gasteiger partial charge in [0.1, 0.15) is 11.9 Å². The van der Waals surface area contributed by atoms with Gasteiger partial charge in [0.05, 0.1) is 0 Å². The molecule has 1 heterocycles. The smallest absolute Gasteiger partial charge is 0.123 e. The van der Waals surface area contributed by atoms with Crippen molar-refractivity contribution < 1.29 is 4.74 Å². The van der Waals surface area contributed by atoms with Gasteiger partial charge in [-0.05, 0) is 12.5 Å².